The van der Waals surface area contributed by atoms with Crippen LogP contribution in [-0.4, -0.2) is 23.4 Å². The molecular formula is C16H22N2O. The summed E-state index contributed by atoms with van der Waals surface area (Å²) in [5, 5.41) is 0. The summed E-state index contributed by atoms with van der Waals surface area (Å²) in [7, 11) is 0. The lowest BCUT2D eigenvalue weighted by molar-refractivity contribution is -0.132. The predicted octanol–water partition coefficient (Wildman–Crippen LogP) is 2.09. The molecule has 1 aliphatic heterocycles. The Kier molecular flexibility index (Phi) is 3.56. The fraction of sp³-hybridized carbons (Fsp3) is 0.562. The average molecular weight is 258 g/mol. The third kappa shape index (κ3) is 2.98. The largest absolute Gasteiger partial charge is 0.338 e. The van der Waals surface area contributed by atoms with Crippen LogP contribution in [0.1, 0.15) is 36.8 Å². The summed E-state index contributed by atoms with van der Waals surface area (Å²) in [5.41, 5.74) is 8.77. The molecule has 3 heteroatoms. The van der Waals surface area contributed by atoms with Gasteiger partial charge >= 0.3 is 0 Å². The maximum atomic E-state index is 12.3. The highest BCUT2D eigenvalue weighted by Crippen LogP contribution is 2.33. The van der Waals surface area contributed by atoms with Gasteiger partial charge in [0.25, 0.3) is 0 Å². The molecule has 1 heterocycles. The number of rotatable bonds is 3. The number of benzene rings is 1. The van der Waals surface area contributed by atoms with E-state index in [9.17, 15) is 4.79 Å². The van der Waals surface area contributed by atoms with Crippen molar-refractivity contribution in [2.45, 2.75) is 44.7 Å². The maximum absolute atomic E-state index is 12.3. The molecule has 0 spiro atoms. The second kappa shape index (κ2) is 5.33. The van der Waals surface area contributed by atoms with Gasteiger partial charge in [-0.2, -0.15) is 0 Å². The number of hydrogen-bond donors (Lipinski definition) is 1. The highest BCUT2D eigenvalue weighted by Gasteiger charge is 2.31. The Hall–Kier alpha value is -1.35. The van der Waals surface area contributed by atoms with Crippen molar-refractivity contribution >= 4 is 5.91 Å². The van der Waals surface area contributed by atoms with E-state index in [1.54, 1.807) is 0 Å². The monoisotopic (exact) mass is 258 g/mol. The molecule has 1 aromatic rings. The van der Waals surface area contributed by atoms with Gasteiger partial charge in [0.05, 0.1) is 0 Å². The van der Waals surface area contributed by atoms with Crippen LogP contribution in [0.4, 0.5) is 0 Å². The van der Waals surface area contributed by atoms with Crippen LogP contribution >= 0.6 is 0 Å². The van der Waals surface area contributed by atoms with E-state index in [-0.39, 0.29) is 11.9 Å². The van der Waals surface area contributed by atoms with Crippen LogP contribution < -0.4 is 5.73 Å². The van der Waals surface area contributed by atoms with Crippen molar-refractivity contribution in [3.63, 3.8) is 0 Å². The smallest absolute Gasteiger partial charge is 0.224 e. The van der Waals surface area contributed by atoms with E-state index in [0.29, 0.717) is 12.3 Å². The van der Waals surface area contributed by atoms with Crippen molar-refractivity contribution in [3.8, 4) is 0 Å². The Morgan fingerprint density at radius 3 is 2.79 bits per heavy atom. The summed E-state index contributed by atoms with van der Waals surface area (Å²) in [5.74, 6) is 0.833. The Morgan fingerprint density at radius 2 is 2.05 bits per heavy atom. The van der Waals surface area contributed by atoms with E-state index < -0.39 is 0 Å². The van der Waals surface area contributed by atoms with Crippen LogP contribution in [0.3, 0.4) is 0 Å². The van der Waals surface area contributed by atoms with Crippen LogP contribution in [0.25, 0.3) is 0 Å². The first-order chi connectivity index (χ1) is 9.24. The Morgan fingerprint density at radius 1 is 1.32 bits per heavy atom. The molecule has 1 aromatic carbocycles. The van der Waals surface area contributed by atoms with Crippen molar-refractivity contribution in [3.05, 3.63) is 35.4 Å². The second-order valence-electron chi connectivity index (χ2n) is 5.89. The topological polar surface area (TPSA) is 46.3 Å². The molecule has 3 rings (SSSR count). The zero-order chi connectivity index (χ0) is 13.2. The Labute approximate surface area is 114 Å². The van der Waals surface area contributed by atoms with Crippen LogP contribution in [0.5, 0.6) is 0 Å². The standard InChI is InChI=1S/C16H22N2O/c17-15(13-7-8-13)10-16(19)18-9-3-6-12-4-1-2-5-14(12)11-18/h1-2,4-5,13,15H,3,6-11,17H2. The van der Waals surface area contributed by atoms with E-state index >= 15 is 0 Å². The summed E-state index contributed by atoms with van der Waals surface area (Å²) < 4.78 is 0. The number of fused-ring (bicyclic) bond motifs is 1. The zero-order valence-corrected chi connectivity index (χ0v) is 11.3. The number of nitrogens with two attached hydrogens (primary N) is 1. The van der Waals surface area contributed by atoms with Crippen LogP contribution in [-0.2, 0) is 17.8 Å². The first kappa shape index (κ1) is 12.7. The molecule has 1 fully saturated rings. The summed E-state index contributed by atoms with van der Waals surface area (Å²) >= 11 is 0. The van der Waals surface area contributed by atoms with Crippen molar-refractivity contribution in [1.82, 2.24) is 4.90 Å². The summed E-state index contributed by atoms with van der Waals surface area (Å²) in [6.07, 6.45) is 5.07. The molecule has 2 N–H and O–H groups in total. The number of aryl methyl sites for hydroxylation is 1. The maximum Gasteiger partial charge on any atom is 0.224 e. The van der Waals surface area contributed by atoms with Gasteiger partial charge in [0.15, 0.2) is 0 Å². The Balaban J connectivity index is 1.66. The molecule has 102 valence electrons. The molecule has 0 aromatic heterocycles. The fourth-order valence-corrected chi connectivity index (χ4v) is 2.94. The number of nitrogens with zero attached hydrogens (tertiary/aromatic N) is 1. The molecule has 0 bridgehead atoms. The summed E-state index contributed by atoms with van der Waals surface area (Å²) in [6.45, 7) is 1.62. The van der Waals surface area contributed by atoms with Crippen LogP contribution in [0.2, 0.25) is 0 Å². The lowest BCUT2D eigenvalue weighted by Gasteiger charge is -2.22. The highest BCUT2D eigenvalue weighted by atomic mass is 16.2. The number of carbonyl (C=O) groups is 1. The third-order valence-electron chi connectivity index (χ3n) is 4.34. The summed E-state index contributed by atoms with van der Waals surface area (Å²) in [6, 6.07) is 8.54. The van der Waals surface area contributed by atoms with Crippen LogP contribution in [0.15, 0.2) is 24.3 Å². The van der Waals surface area contributed by atoms with Gasteiger partial charge in [-0.15, -0.1) is 0 Å². The number of carbonyl (C=O) groups excluding carboxylic acids is 1. The minimum atomic E-state index is 0.0750. The van der Waals surface area contributed by atoms with E-state index in [1.165, 1.54) is 24.0 Å². The van der Waals surface area contributed by atoms with Gasteiger partial charge in [0.1, 0.15) is 0 Å². The van der Waals surface area contributed by atoms with Gasteiger partial charge in [-0.3, -0.25) is 4.79 Å². The molecule has 2 aliphatic rings. The van der Waals surface area contributed by atoms with Crippen molar-refractivity contribution < 1.29 is 4.79 Å². The molecule has 3 nitrogen and oxygen atoms in total. The normalized spacial score (nSPS) is 20.6. The quantitative estimate of drug-likeness (QED) is 0.902. The van der Waals surface area contributed by atoms with Gasteiger partial charge in [-0.25, -0.2) is 0 Å². The van der Waals surface area contributed by atoms with E-state index in [0.717, 1.165) is 25.9 Å². The summed E-state index contributed by atoms with van der Waals surface area (Å²) in [4.78, 5) is 14.3. The zero-order valence-electron chi connectivity index (χ0n) is 11.3. The van der Waals surface area contributed by atoms with Crippen molar-refractivity contribution in [1.29, 1.82) is 0 Å². The fourth-order valence-electron chi connectivity index (χ4n) is 2.94. The molecule has 0 radical (unpaired) electrons. The molecule has 1 atom stereocenters. The van der Waals surface area contributed by atoms with Crippen LogP contribution in [0, 0.1) is 5.92 Å². The lowest BCUT2D eigenvalue weighted by Crippen LogP contribution is -2.36. The molecule has 1 saturated carbocycles. The van der Waals surface area contributed by atoms with Gasteiger partial charge in [0, 0.05) is 25.6 Å². The van der Waals surface area contributed by atoms with E-state index in [1.807, 2.05) is 4.90 Å². The Bertz CT molecular complexity index is 468. The van der Waals surface area contributed by atoms with Gasteiger partial charge < -0.3 is 10.6 Å². The minimum Gasteiger partial charge on any atom is -0.338 e. The molecule has 1 unspecified atom stereocenters. The SMILES string of the molecule is NC(CC(=O)N1CCCc2ccccc2C1)C1CC1. The second-order valence-corrected chi connectivity index (χ2v) is 5.89. The molecular weight excluding hydrogens is 236 g/mol. The highest BCUT2D eigenvalue weighted by molar-refractivity contribution is 5.77. The predicted molar refractivity (Wildman–Crippen MR) is 75.5 cm³/mol. The van der Waals surface area contributed by atoms with E-state index in [2.05, 4.69) is 24.3 Å². The van der Waals surface area contributed by atoms with Gasteiger partial charge in [-0.05, 0) is 42.7 Å². The van der Waals surface area contributed by atoms with Gasteiger partial charge in [-0.1, -0.05) is 24.3 Å². The third-order valence-corrected chi connectivity index (χ3v) is 4.34. The lowest BCUT2D eigenvalue weighted by atomic mass is 10.0. The molecule has 1 aliphatic carbocycles. The first-order valence-corrected chi connectivity index (χ1v) is 7.34. The first-order valence-electron chi connectivity index (χ1n) is 7.34. The number of hydrogen-bond acceptors (Lipinski definition) is 2. The molecule has 19 heavy (non-hydrogen) atoms. The molecule has 0 saturated heterocycles. The van der Waals surface area contributed by atoms with Gasteiger partial charge in [0.2, 0.25) is 5.91 Å². The molecule has 1 amide bonds. The van der Waals surface area contributed by atoms with Crippen molar-refractivity contribution in [2.24, 2.45) is 11.7 Å². The average Bonchev–Trinajstić information content (AvgIpc) is 3.24. The van der Waals surface area contributed by atoms with E-state index in [4.69, 9.17) is 5.73 Å². The minimum absolute atomic E-state index is 0.0750. The van der Waals surface area contributed by atoms with Crippen molar-refractivity contribution in [2.75, 3.05) is 6.54 Å². The number of amides is 1.